The topological polar surface area (TPSA) is 230 Å². The zero-order chi connectivity index (χ0) is 7.72. The van der Waals surface area contributed by atoms with Gasteiger partial charge >= 0.3 is 0 Å². The summed E-state index contributed by atoms with van der Waals surface area (Å²) < 4.78 is 0. The number of anilines is 4. The van der Waals surface area contributed by atoms with Crippen molar-refractivity contribution in [3.05, 3.63) is 12.1 Å². The van der Waals surface area contributed by atoms with Crippen molar-refractivity contribution in [3.8, 4) is 0 Å². The summed E-state index contributed by atoms with van der Waals surface area (Å²) in [5, 5.41) is 0. The second-order valence-electron chi connectivity index (χ2n) is 2.11. The van der Waals surface area contributed by atoms with Crippen LogP contribution in [0, 0.1) is 0 Å². The molecule has 1 aromatic rings. The number of rotatable bonds is 0. The standard InChI is InChI=1S/C6H10N4.Ag.ClH.4H2O/c7-3-1-4(8)6(10)2-5(3)9;;;;;;/h1-2H,7-10H2;;1H;4*1H2. The summed E-state index contributed by atoms with van der Waals surface area (Å²) in [4.78, 5) is 0. The van der Waals surface area contributed by atoms with Crippen LogP contribution in [0.2, 0.25) is 0 Å². The summed E-state index contributed by atoms with van der Waals surface area (Å²) in [6.07, 6.45) is 0. The van der Waals surface area contributed by atoms with Crippen LogP contribution < -0.4 is 22.9 Å². The molecule has 0 unspecified atom stereocenters. The maximum absolute atomic E-state index is 5.43. The van der Waals surface area contributed by atoms with E-state index in [-0.39, 0.29) is 56.7 Å². The van der Waals surface area contributed by atoms with Crippen LogP contribution in [-0.2, 0) is 22.4 Å². The molecule has 16 heavy (non-hydrogen) atoms. The van der Waals surface area contributed by atoms with Gasteiger partial charge in [0.15, 0.2) is 0 Å². The summed E-state index contributed by atoms with van der Waals surface area (Å²) in [6.45, 7) is 0. The van der Waals surface area contributed by atoms with Crippen LogP contribution in [0.25, 0.3) is 0 Å². The Morgan fingerprint density at radius 1 is 0.562 bits per heavy atom. The fourth-order valence-electron chi connectivity index (χ4n) is 0.668. The van der Waals surface area contributed by atoms with Crippen LogP contribution in [0.3, 0.4) is 0 Å². The molecule has 0 spiro atoms. The maximum atomic E-state index is 5.43. The molecule has 0 aliphatic heterocycles. The number of nitrogen functional groups attached to an aromatic ring is 4. The predicted molar refractivity (Wildman–Crippen MR) is 65.8 cm³/mol. The van der Waals surface area contributed by atoms with Gasteiger partial charge in [0.25, 0.3) is 0 Å². The molecule has 1 radical (unpaired) electrons. The summed E-state index contributed by atoms with van der Waals surface area (Å²) in [6, 6.07) is 3.09. The van der Waals surface area contributed by atoms with Crippen molar-refractivity contribution in [1.29, 1.82) is 0 Å². The van der Waals surface area contributed by atoms with Gasteiger partial charge in [-0.3, -0.25) is 0 Å². The minimum atomic E-state index is 0. The number of hydrogen-bond acceptors (Lipinski definition) is 4. The van der Waals surface area contributed by atoms with Gasteiger partial charge in [-0.25, -0.2) is 0 Å². The van der Waals surface area contributed by atoms with E-state index >= 15 is 0 Å². The van der Waals surface area contributed by atoms with Crippen LogP contribution in [0.15, 0.2) is 12.1 Å². The van der Waals surface area contributed by atoms with E-state index in [0.717, 1.165) is 0 Å². The second-order valence-corrected chi connectivity index (χ2v) is 2.11. The van der Waals surface area contributed by atoms with E-state index in [2.05, 4.69) is 0 Å². The van der Waals surface area contributed by atoms with Crippen molar-refractivity contribution in [1.82, 2.24) is 0 Å². The first kappa shape index (κ1) is 36.2. The Morgan fingerprint density at radius 2 is 0.688 bits per heavy atom. The molecule has 0 aromatic heterocycles. The molecule has 0 saturated heterocycles. The van der Waals surface area contributed by atoms with Crippen molar-refractivity contribution >= 4 is 35.2 Å². The molecule has 0 fully saturated rings. The summed E-state index contributed by atoms with van der Waals surface area (Å²) in [5.74, 6) is 0. The summed E-state index contributed by atoms with van der Waals surface area (Å²) >= 11 is 0. The predicted octanol–water partition coefficient (Wildman–Crippen LogP) is -2.86. The fourth-order valence-corrected chi connectivity index (χ4v) is 0.668. The molecule has 1 aromatic carbocycles. The molecule has 8 nitrogen and oxygen atoms in total. The SMILES string of the molecule is Cl.Nc1cc(N)c(N)cc1N.O.O.O.O.[Ag]. The van der Waals surface area contributed by atoms with Crippen molar-refractivity contribution in [2.45, 2.75) is 0 Å². The molecule has 105 valence electrons. The van der Waals surface area contributed by atoms with Crippen molar-refractivity contribution in [2.75, 3.05) is 22.9 Å². The van der Waals surface area contributed by atoms with E-state index in [1.807, 2.05) is 0 Å². The Kier molecular flexibility index (Phi) is 32.3. The molecule has 0 saturated carbocycles. The van der Waals surface area contributed by atoms with E-state index in [1.165, 1.54) is 0 Å². The molecule has 0 aliphatic rings. The largest absolute Gasteiger partial charge is 0.412 e. The van der Waals surface area contributed by atoms with E-state index in [0.29, 0.717) is 22.7 Å². The summed E-state index contributed by atoms with van der Waals surface area (Å²) in [5.41, 5.74) is 23.6. The first-order valence-corrected chi connectivity index (χ1v) is 2.81. The van der Waals surface area contributed by atoms with Gasteiger partial charge < -0.3 is 44.8 Å². The fraction of sp³-hybridized carbons (Fsp3) is 0. The van der Waals surface area contributed by atoms with Crippen LogP contribution in [-0.4, -0.2) is 21.9 Å². The molecular formula is C6H19AgClN4O4. The smallest absolute Gasteiger partial charge is 0.0570 e. The van der Waals surface area contributed by atoms with Gasteiger partial charge in [-0.1, -0.05) is 0 Å². The molecule has 1 rings (SSSR count). The molecule has 16 N–H and O–H groups in total. The first-order chi connectivity index (χ1) is 4.61. The Balaban J connectivity index is -0.0000000417. The minimum Gasteiger partial charge on any atom is -0.412 e. The van der Waals surface area contributed by atoms with Gasteiger partial charge in [0, 0.05) is 22.4 Å². The first-order valence-electron chi connectivity index (χ1n) is 2.81. The molecule has 10 heteroatoms. The normalized spacial score (nSPS) is 6.00. The van der Waals surface area contributed by atoms with Gasteiger partial charge in [0.1, 0.15) is 0 Å². The van der Waals surface area contributed by atoms with Gasteiger partial charge in [0.05, 0.1) is 22.7 Å². The quantitative estimate of drug-likeness (QED) is 0.284. The van der Waals surface area contributed by atoms with Crippen LogP contribution >= 0.6 is 12.4 Å². The van der Waals surface area contributed by atoms with Gasteiger partial charge in [-0.15, -0.1) is 12.4 Å². The Bertz CT molecular complexity index is 229. The molecule has 0 bridgehead atoms. The van der Waals surface area contributed by atoms with Crippen LogP contribution in [0.4, 0.5) is 22.7 Å². The third-order valence-corrected chi connectivity index (χ3v) is 1.29. The third-order valence-electron chi connectivity index (χ3n) is 1.29. The van der Waals surface area contributed by atoms with Crippen LogP contribution in [0.1, 0.15) is 0 Å². The molecular weight excluding hydrogens is 335 g/mol. The Labute approximate surface area is 115 Å². The minimum absolute atomic E-state index is 0. The van der Waals surface area contributed by atoms with E-state index < -0.39 is 0 Å². The molecule has 0 atom stereocenters. The van der Waals surface area contributed by atoms with Crippen molar-refractivity contribution in [2.24, 2.45) is 0 Å². The van der Waals surface area contributed by atoms with Gasteiger partial charge in [-0.05, 0) is 12.1 Å². The van der Waals surface area contributed by atoms with Crippen LogP contribution in [0.5, 0.6) is 0 Å². The van der Waals surface area contributed by atoms with Gasteiger partial charge in [-0.2, -0.15) is 0 Å². The van der Waals surface area contributed by atoms with Gasteiger partial charge in [0.2, 0.25) is 0 Å². The average molecular weight is 355 g/mol. The maximum Gasteiger partial charge on any atom is 0.0570 e. The molecule has 0 amide bonds. The Hall–Kier alpha value is -0.710. The van der Waals surface area contributed by atoms with E-state index in [9.17, 15) is 0 Å². The number of halogens is 1. The summed E-state index contributed by atoms with van der Waals surface area (Å²) in [7, 11) is 0. The number of benzene rings is 1. The second kappa shape index (κ2) is 14.3. The van der Waals surface area contributed by atoms with E-state index in [1.54, 1.807) is 12.1 Å². The number of nitrogens with two attached hydrogens (primary N) is 4. The average Bonchev–Trinajstić information content (AvgIpc) is 1.84. The zero-order valence-corrected chi connectivity index (χ0v) is 10.5. The number of hydrogen-bond donors (Lipinski definition) is 4. The van der Waals surface area contributed by atoms with Crippen molar-refractivity contribution < 1.29 is 44.3 Å². The monoisotopic (exact) mass is 353 g/mol. The molecule has 0 heterocycles. The van der Waals surface area contributed by atoms with E-state index in [4.69, 9.17) is 22.9 Å². The Morgan fingerprint density at radius 3 is 0.812 bits per heavy atom. The third kappa shape index (κ3) is 8.59. The molecule has 0 aliphatic carbocycles. The van der Waals surface area contributed by atoms with Crippen molar-refractivity contribution in [3.63, 3.8) is 0 Å². The zero-order valence-electron chi connectivity index (χ0n) is 8.17.